The van der Waals surface area contributed by atoms with Crippen molar-refractivity contribution in [2.24, 2.45) is 0 Å². The van der Waals surface area contributed by atoms with Crippen molar-refractivity contribution in [1.29, 1.82) is 0 Å². The molecule has 1 aliphatic heterocycles. The van der Waals surface area contributed by atoms with Gasteiger partial charge < -0.3 is 4.90 Å². The maximum atomic E-state index is 2.40. The molecule has 4 rings (SSSR count). The third kappa shape index (κ3) is 3.08. The summed E-state index contributed by atoms with van der Waals surface area (Å²) < 4.78 is 1.26. The van der Waals surface area contributed by atoms with Gasteiger partial charge in [0.15, 0.2) is 0 Å². The molecule has 0 radical (unpaired) electrons. The molecule has 1 heterocycles. The highest BCUT2D eigenvalue weighted by Crippen LogP contribution is 2.44. The molecule has 0 N–H and O–H groups in total. The summed E-state index contributed by atoms with van der Waals surface area (Å²) in [6.45, 7) is 6.84. The van der Waals surface area contributed by atoms with Crippen LogP contribution in [0.25, 0.3) is 0 Å². The molecular weight excluding hydrogens is 417 g/mol. The second-order valence-corrected chi connectivity index (χ2v) is 8.96. The van der Waals surface area contributed by atoms with Gasteiger partial charge in [0.2, 0.25) is 0 Å². The Bertz CT molecular complexity index is 920. The lowest BCUT2D eigenvalue weighted by Gasteiger charge is -2.34. The number of anilines is 3. The molecule has 1 nitrogen and oxygen atoms in total. The first-order chi connectivity index (χ1) is 11.9. The van der Waals surface area contributed by atoms with Gasteiger partial charge in [-0.15, -0.1) is 0 Å². The van der Waals surface area contributed by atoms with E-state index < -0.39 is 0 Å². The zero-order valence-corrected chi connectivity index (χ0v) is 17.0. The van der Waals surface area contributed by atoms with Crippen molar-refractivity contribution in [1.82, 2.24) is 0 Å². The van der Waals surface area contributed by atoms with Gasteiger partial charge >= 0.3 is 0 Å². The van der Waals surface area contributed by atoms with Gasteiger partial charge in [0.25, 0.3) is 0 Å². The molecule has 3 aromatic rings. The van der Waals surface area contributed by atoms with Crippen molar-refractivity contribution in [3.8, 4) is 0 Å². The van der Waals surface area contributed by atoms with Gasteiger partial charge in [-0.25, -0.2) is 0 Å². The number of hydrogen-bond acceptors (Lipinski definition) is 1. The van der Waals surface area contributed by atoms with Crippen LogP contribution in [0.3, 0.4) is 0 Å². The van der Waals surface area contributed by atoms with Crippen LogP contribution in [0.4, 0.5) is 17.1 Å². The number of fused-ring (bicyclic) bond motifs is 2. The Kier molecular flexibility index (Phi) is 4.11. The molecule has 0 amide bonds. The average molecular weight is 439 g/mol. The Hall–Kier alpha value is -1.81. The van der Waals surface area contributed by atoms with E-state index in [1.165, 1.54) is 37.3 Å². The fourth-order valence-electron chi connectivity index (χ4n) is 3.49. The summed E-state index contributed by atoms with van der Waals surface area (Å²) in [5.74, 6) is 0. The molecule has 0 saturated heterocycles. The molecule has 126 valence electrons. The van der Waals surface area contributed by atoms with E-state index in [2.05, 4.69) is 115 Å². The highest BCUT2D eigenvalue weighted by Gasteiger charge is 2.25. The van der Waals surface area contributed by atoms with E-state index in [-0.39, 0.29) is 5.41 Å². The third-order valence-electron chi connectivity index (χ3n) is 4.88. The van der Waals surface area contributed by atoms with Gasteiger partial charge in [0.1, 0.15) is 0 Å². The molecule has 0 aromatic heterocycles. The summed E-state index contributed by atoms with van der Waals surface area (Å²) in [6.07, 6.45) is 0.996. The second-order valence-electron chi connectivity index (χ2n) is 7.71. The quantitative estimate of drug-likeness (QED) is 0.290. The molecule has 0 unspecified atom stereocenters. The van der Waals surface area contributed by atoms with Crippen molar-refractivity contribution in [2.75, 3.05) is 4.90 Å². The molecule has 1 aliphatic rings. The second kappa shape index (κ2) is 6.17. The number of para-hydroxylation sites is 1. The van der Waals surface area contributed by atoms with Crippen LogP contribution in [0.1, 0.15) is 37.5 Å². The number of rotatable bonds is 1. The fraction of sp³-hybridized carbons (Fsp3) is 0.217. The minimum atomic E-state index is 0.166. The van der Waals surface area contributed by atoms with Crippen molar-refractivity contribution >= 4 is 39.7 Å². The Labute approximate surface area is 163 Å². The zero-order valence-electron chi connectivity index (χ0n) is 14.9. The topological polar surface area (TPSA) is 3.24 Å². The first kappa shape index (κ1) is 16.6. The average Bonchev–Trinajstić information content (AvgIpc) is 2.59. The Balaban J connectivity index is 1.91. The van der Waals surface area contributed by atoms with Crippen molar-refractivity contribution in [3.63, 3.8) is 0 Å². The fourth-order valence-corrected chi connectivity index (χ4v) is 3.85. The van der Waals surface area contributed by atoms with Gasteiger partial charge in [-0.05, 0) is 81.1 Å². The van der Waals surface area contributed by atoms with E-state index in [1.807, 2.05) is 0 Å². The highest BCUT2D eigenvalue weighted by molar-refractivity contribution is 14.1. The lowest BCUT2D eigenvalue weighted by molar-refractivity contribution is 0.589. The van der Waals surface area contributed by atoms with Crippen LogP contribution in [0.5, 0.6) is 0 Å². The molecule has 0 aliphatic carbocycles. The Morgan fingerprint density at radius 1 is 0.800 bits per heavy atom. The highest BCUT2D eigenvalue weighted by atomic mass is 127. The first-order valence-corrected chi connectivity index (χ1v) is 9.78. The van der Waals surface area contributed by atoms with Crippen LogP contribution < -0.4 is 4.90 Å². The van der Waals surface area contributed by atoms with Crippen molar-refractivity contribution < 1.29 is 0 Å². The van der Waals surface area contributed by atoms with Crippen LogP contribution in [0.15, 0.2) is 66.7 Å². The molecular formula is C23H22IN. The first-order valence-electron chi connectivity index (χ1n) is 8.70. The van der Waals surface area contributed by atoms with E-state index in [4.69, 9.17) is 0 Å². The summed E-state index contributed by atoms with van der Waals surface area (Å²) in [5.41, 5.74) is 8.17. The normalized spacial score (nSPS) is 13.4. The summed E-state index contributed by atoms with van der Waals surface area (Å²) in [5, 5.41) is 0. The van der Waals surface area contributed by atoms with E-state index in [0.717, 1.165) is 6.42 Å². The molecule has 0 bridgehead atoms. The van der Waals surface area contributed by atoms with Crippen LogP contribution in [-0.2, 0) is 11.8 Å². The molecule has 3 aromatic carbocycles. The maximum absolute atomic E-state index is 2.40. The minimum Gasteiger partial charge on any atom is -0.310 e. The standard InChI is InChI=1S/C23H22IN/c1-23(2,3)18-8-13-22-17(15-18)14-16-6-4-5-7-21(16)25(22)20-11-9-19(24)10-12-20/h4-13,15H,14H2,1-3H3. The van der Waals surface area contributed by atoms with Crippen molar-refractivity contribution in [2.45, 2.75) is 32.6 Å². The number of nitrogens with zero attached hydrogens (tertiary/aromatic N) is 1. The monoisotopic (exact) mass is 439 g/mol. The van der Waals surface area contributed by atoms with Crippen LogP contribution in [0.2, 0.25) is 0 Å². The summed E-state index contributed by atoms with van der Waals surface area (Å²) in [4.78, 5) is 2.40. The number of halogens is 1. The van der Waals surface area contributed by atoms with Crippen LogP contribution in [0, 0.1) is 3.57 Å². The van der Waals surface area contributed by atoms with E-state index >= 15 is 0 Å². The van der Waals surface area contributed by atoms with Gasteiger partial charge in [0, 0.05) is 27.1 Å². The molecule has 0 fully saturated rings. The van der Waals surface area contributed by atoms with Crippen molar-refractivity contribution in [3.05, 3.63) is 87.0 Å². The van der Waals surface area contributed by atoms with E-state index in [1.54, 1.807) is 0 Å². The zero-order chi connectivity index (χ0) is 17.6. The largest absolute Gasteiger partial charge is 0.310 e. The third-order valence-corrected chi connectivity index (χ3v) is 5.60. The lowest BCUT2D eigenvalue weighted by atomic mass is 9.84. The summed E-state index contributed by atoms with van der Waals surface area (Å²) in [6, 6.07) is 24.5. The molecule has 0 saturated carbocycles. The Morgan fingerprint density at radius 3 is 2.20 bits per heavy atom. The minimum absolute atomic E-state index is 0.166. The SMILES string of the molecule is CC(C)(C)c1ccc2c(c1)Cc1ccccc1N2c1ccc(I)cc1. The van der Waals surface area contributed by atoms with E-state index in [0.29, 0.717) is 0 Å². The molecule has 25 heavy (non-hydrogen) atoms. The summed E-state index contributed by atoms with van der Waals surface area (Å²) in [7, 11) is 0. The van der Waals surface area contributed by atoms with Gasteiger partial charge in [0.05, 0.1) is 0 Å². The van der Waals surface area contributed by atoms with Crippen LogP contribution in [-0.4, -0.2) is 0 Å². The van der Waals surface area contributed by atoms with Crippen LogP contribution >= 0.6 is 22.6 Å². The smallest absolute Gasteiger partial charge is 0.0497 e. The predicted molar refractivity (Wildman–Crippen MR) is 115 cm³/mol. The maximum Gasteiger partial charge on any atom is 0.0497 e. The van der Waals surface area contributed by atoms with Gasteiger partial charge in [-0.2, -0.15) is 0 Å². The van der Waals surface area contributed by atoms with E-state index in [9.17, 15) is 0 Å². The number of benzene rings is 3. The molecule has 0 spiro atoms. The molecule has 2 heteroatoms. The number of hydrogen-bond donors (Lipinski definition) is 0. The van der Waals surface area contributed by atoms with Gasteiger partial charge in [-0.1, -0.05) is 51.1 Å². The van der Waals surface area contributed by atoms with Gasteiger partial charge in [-0.3, -0.25) is 0 Å². The Morgan fingerprint density at radius 2 is 1.48 bits per heavy atom. The lowest BCUT2D eigenvalue weighted by Crippen LogP contribution is -2.20. The molecule has 0 atom stereocenters. The summed E-state index contributed by atoms with van der Waals surface area (Å²) >= 11 is 2.36. The predicted octanol–water partition coefficient (Wildman–Crippen LogP) is 6.96.